The van der Waals surface area contributed by atoms with Crippen molar-refractivity contribution in [2.45, 2.75) is 39.0 Å². The minimum Gasteiger partial charge on any atom is -0.326 e. The van der Waals surface area contributed by atoms with Gasteiger partial charge in [0.25, 0.3) is 0 Å². The zero-order chi connectivity index (χ0) is 19.4. The number of nitrogens with one attached hydrogen (secondary N) is 1. The van der Waals surface area contributed by atoms with Crippen LogP contribution in [0.5, 0.6) is 0 Å². The summed E-state index contributed by atoms with van der Waals surface area (Å²) in [6.45, 7) is 4.59. The smallest absolute Gasteiger partial charge is 0.235 e. The standard InChI is InChI=1S/C21H26N2O3S/c1-16(2)18-10-4-5-11-19(18)22-21(24)13-15-27(25,26)23-14-7-9-17-8-3-6-12-20(17)23/h3-6,8,10-12,16H,7,9,13-15H2,1-2H3,(H,22,24). The maximum absolute atomic E-state index is 12.8. The van der Waals surface area contributed by atoms with Crippen molar-refractivity contribution in [1.82, 2.24) is 0 Å². The average Bonchev–Trinajstić information content (AvgIpc) is 2.66. The fraction of sp³-hybridized carbons (Fsp3) is 0.381. The van der Waals surface area contributed by atoms with E-state index in [-0.39, 0.29) is 24.0 Å². The van der Waals surface area contributed by atoms with E-state index in [0.29, 0.717) is 6.54 Å². The van der Waals surface area contributed by atoms with E-state index in [4.69, 9.17) is 0 Å². The Morgan fingerprint density at radius 2 is 1.81 bits per heavy atom. The maximum Gasteiger partial charge on any atom is 0.235 e. The van der Waals surface area contributed by atoms with E-state index >= 15 is 0 Å². The highest BCUT2D eigenvalue weighted by Crippen LogP contribution is 2.29. The van der Waals surface area contributed by atoms with E-state index in [1.54, 1.807) is 0 Å². The number of para-hydroxylation sites is 2. The Morgan fingerprint density at radius 1 is 1.11 bits per heavy atom. The molecule has 2 aromatic rings. The van der Waals surface area contributed by atoms with Gasteiger partial charge in [0.15, 0.2) is 0 Å². The van der Waals surface area contributed by atoms with E-state index in [9.17, 15) is 13.2 Å². The summed E-state index contributed by atoms with van der Waals surface area (Å²) in [5.74, 6) is -0.205. The molecule has 5 nitrogen and oxygen atoms in total. The molecule has 6 heteroatoms. The number of aryl methyl sites for hydroxylation is 1. The third kappa shape index (κ3) is 4.50. The Bertz CT molecular complexity index is 923. The van der Waals surface area contributed by atoms with Crippen LogP contribution in [0.1, 0.15) is 43.7 Å². The molecule has 2 aromatic carbocycles. The molecule has 1 N–H and O–H groups in total. The minimum atomic E-state index is -3.54. The van der Waals surface area contributed by atoms with Crippen molar-refractivity contribution in [3.05, 3.63) is 59.7 Å². The molecule has 0 spiro atoms. The van der Waals surface area contributed by atoms with E-state index in [2.05, 4.69) is 19.2 Å². The number of fused-ring (bicyclic) bond motifs is 1. The quantitative estimate of drug-likeness (QED) is 0.818. The summed E-state index contributed by atoms with van der Waals surface area (Å²) >= 11 is 0. The molecule has 1 heterocycles. The van der Waals surface area contributed by atoms with E-state index in [1.165, 1.54) is 4.31 Å². The zero-order valence-electron chi connectivity index (χ0n) is 15.8. The van der Waals surface area contributed by atoms with Gasteiger partial charge in [0.2, 0.25) is 15.9 Å². The first-order valence-electron chi connectivity index (χ1n) is 9.35. The predicted octanol–water partition coefficient (Wildman–Crippen LogP) is 3.92. The topological polar surface area (TPSA) is 66.5 Å². The van der Waals surface area contributed by atoms with Crippen LogP contribution < -0.4 is 9.62 Å². The van der Waals surface area contributed by atoms with Gasteiger partial charge in [0.05, 0.1) is 11.4 Å². The molecule has 0 atom stereocenters. The molecule has 0 aromatic heterocycles. The first-order valence-corrected chi connectivity index (χ1v) is 11.0. The number of amides is 1. The highest BCUT2D eigenvalue weighted by atomic mass is 32.2. The highest BCUT2D eigenvalue weighted by Gasteiger charge is 2.27. The van der Waals surface area contributed by atoms with Crippen molar-refractivity contribution in [2.24, 2.45) is 0 Å². The molecule has 0 saturated heterocycles. The molecular formula is C21H26N2O3S. The van der Waals surface area contributed by atoms with Gasteiger partial charge in [-0.25, -0.2) is 8.42 Å². The zero-order valence-corrected chi connectivity index (χ0v) is 16.6. The van der Waals surface area contributed by atoms with Crippen molar-refractivity contribution in [3.63, 3.8) is 0 Å². The fourth-order valence-corrected chi connectivity index (χ4v) is 5.00. The van der Waals surface area contributed by atoms with Crippen molar-refractivity contribution in [2.75, 3.05) is 21.9 Å². The number of carbonyl (C=O) groups excluding carboxylic acids is 1. The van der Waals surface area contributed by atoms with Gasteiger partial charge >= 0.3 is 0 Å². The number of hydrogen-bond donors (Lipinski definition) is 1. The Balaban J connectivity index is 1.67. The van der Waals surface area contributed by atoms with Gasteiger partial charge in [-0.1, -0.05) is 50.2 Å². The van der Waals surface area contributed by atoms with Crippen LogP contribution in [-0.4, -0.2) is 26.6 Å². The molecule has 27 heavy (non-hydrogen) atoms. The number of carbonyl (C=O) groups is 1. The maximum atomic E-state index is 12.8. The normalized spacial score (nSPS) is 14.1. The summed E-state index contributed by atoms with van der Waals surface area (Å²) < 4.78 is 27.1. The summed E-state index contributed by atoms with van der Waals surface area (Å²) in [6.07, 6.45) is 1.62. The van der Waals surface area contributed by atoms with Crippen LogP contribution in [0.15, 0.2) is 48.5 Å². The lowest BCUT2D eigenvalue weighted by molar-refractivity contribution is -0.115. The fourth-order valence-electron chi connectivity index (χ4n) is 3.45. The monoisotopic (exact) mass is 386 g/mol. The Labute approximate surface area is 161 Å². The van der Waals surface area contributed by atoms with Gasteiger partial charge in [-0.3, -0.25) is 9.10 Å². The number of nitrogens with zero attached hydrogens (tertiary/aromatic N) is 1. The second-order valence-corrected chi connectivity index (χ2v) is 9.17. The largest absolute Gasteiger partial charge is 0.326 e. The number of sulfonamides is 1. The van der Waals surface area contributed by atoms with Crippen LogP contribution in [0.3, 0.4) is 0 Å². The Morgan fingerprint density at radius 3 is 2.59 bits per heavy atom. The minimum absolute atomic E-state index is 0.0621. The molecule has 144 valence electrons. The van der Waals surface area contributed by atoms with Crippen molar-refractivity contribution < 1.29 is 13.2 Å². The summed E-state index contributed by atoms with van der Waals surface area (Å²) in [4.78, 5) is 12.4. The second-order valence-electron chi connectivity index (χ2n) is 7.16. The van der Waals surface area contributed by atoms with E-state index in [0.717, 1.165) is 35.3 Å². The summed E-state index contributed by atoms with van der Waals surface area (Å²) in [5.41, 5.74) is 3.58. The van der Waals surface area contributed by atoms with Gasteiger partial charge in [-0.05, 0) is 42.0 Å². The van der Waals surface area contributed by atoms with E-state index in [1.807, 2.05) is 48.5 Å². The van der Waals surface area contributed by atoms with Crippen molar-refractivity contribution in [3.8, 4) is 0 Å². The van der Waals surface area contributed by atoms with Gasteiger partial charge in [0.1, 0.15) is 0 Å². The number of benzene rings is 2. The molecule has 0 radical (unpaired) electrons. The van der Waals surface area contributed by atoms with Gasteiger partial charge < -0.3 is 5.32 Å². The van der Waals surface area contributed by atoms with Crippen LogP contribution in [-0.2, 0) is 21.2 Å². The molecule has 0 saturated carbocycles. The van der Waals surface area contributed by atoms with Crippen LogP contribution in [0.25, 0.3) is 0 Å². The molecule has 0 aliphatic carbocycles. The van der Waals surface area contributed by atoms with Gasteiger partial charge in [-0.15, -0.1) is 0 Å². The van der Waals surface area contributed by atoms with Crippen LogP contribution in [0, 0.1) is 0 Å². The Hall–Kier alpha value is -2.34. The molecule has 0 bridgehead atoms. The Kier molecular flexibility index (Phi) is 5.85. The summed E-state index contributed by atoms with van der Waals surface area (Å²) in [7, 11) is -3.54. The number of rotatable bonds is 6. The first-order chi connectivity index (χ1) is 12.9. The van der Waals surface area contributed by atoms with E-state index < -0.39 is 10.0 Å². The number of hydrogen-bond acceptors (Lipinski definition) is 3. The van der Waals surface area contributed by atoms with Crippen LogP contribution >= 0.6 is 0 Å². The molecule has 1 amide bonds. The first kappa shape index (κ1) is 19.4. The second kappa shape index (κ2) is 8.13. The summed E-state index contributed by atoms with van der Waals surface area (Å²) in [6, 6.07) is 15.2. The highest BCUT2D eigenvalue weighted by molar-refractivity contribution is 7.92. The SMILES string of the molecule is CC(C)c1ccccc1NC(=O)CCS(=O)(=O)N1CCCc2ccccc21. The molecule has 0 fully saturated rings. The molecular weight excluding hydrogens is 360 g/mol. The molecule has 1 aliphatic rings. The van der Waals surface area contributed by atoms with Crippen LogP contribution in [0.4, 0.5) is 11.4 Å². The van der Waals surface area contributed by atoms with Crippen molar-refractivity contribution >= 4 is 27.3 Å². The van der Waals surface area contributed by atoms with Gasteiger partial charge in [0, 0.05) is 18.7 Å². The average molecular weight is 387 g/mol. The van der Waals surface area contributed by atoms with Crippen LogP contribution in [0.2, 0.25) is 0 Å². The summed E-state index contributed by atoms with van der Waals surface area (Å²) in [5, 5.41) is 2.86. The third-order valence-corrected chi connectivity index (χ3v) is 6.62. The number of anilines is 2. The van der Waals surface area contributed by atoms with Gasteiger partial charge in [-0.2, -0.15) is 0 Å². The molecule has 3 rings (SSSR count). The lowest BCUT2D eigenvalue weighted by atomic mass is 10.0. The third-order valence-electron chi connectivity index (χ3n) is 4.85. The lowest BCUT2D eigenvalue weighted by Gasteiger charge is -2.30. The molecule has 0 unspecified atom stereocenters. The molecule has 1 aliphatic heterocycles. The van der Waals surface area contributed by atoms with Crippen molar-refractivity contribution in [1.29, 1.82) is 0 Å². The lowest BCUT2D eigenvalue weighted by Crippen LogP contribution is -2.37. The predicted molar refractivity (Wildman–Crippen MR) is 110 cm³/mol.